The van der Waals surface area contributed by atoms with Crippen molar-refractivity contribution in [3.8, 4) is 74.4 Å². The van der Waals surface area contributed by atoms with Crippen LogP contribution in [-0.4, -0.2) is 58.1 Å². The molecule has 9 aromatic carbocycles. The zero-order chi connectivity index (χ0) is 57.9. The Morgan fingerprint density at radius 2 is 0.529 bits per heavy atom. The molecule has 0 atom stereocenters. The van der Waals surface area contributed by atoms with Gasteiger partial charge in [0.15, 0.2) is 23.3 Å². The Bertz CT molecular complexity index is 5040. The Kier molecular flexibility index (Phi) is 11.1. The van der Waals surface area contributed by atoms with Crippen molar-refractivity contribution >= 4 is 87.2 Å². The summed E-state index contributed by atoms with van der Waals surface area (Å²) in [6.07, 6.45) is 14.2. The predicted octanol–water partition coefficient (Wildman–Crippen LogP) is 16.9. The van der Waals surface area contributed by atoms with Crippen LogP contribution >= 0.6 is 0 Å². The molecule has 17 aromatic rings. The Morgan fingerprint density at radius 3 is 0.782 bits per heavy atom. The van der Waals surface area contributed by atoms with Crippen LogP contribution in [0.25, 0.3) is 156 Å². The smallest absolute Gasteiger partial charge is 0.159 e. The molecular formula is C74H47N13. The molecule has 13 nitrogen and oxygen atoms in total. The van der Waals surface area contributed by atoms with Gasteiger partial charge < -0.3 is 18.3 Å². The van der Waals surface area contributed by atoms with Crippen LogP contribution in [0, 0.1) is 11.3 Å². The van der Waals surface area contributed by atoms with Crippen LogP contribution < -0.4 is 0 Å². The van der Waals surface area contributed by atoms with Crippen LogP contribution in [0.2, 0.25) is 0 Å². The van der Waals surface area contributed by atoms with Crippen molar-refractivity contribution in [2.24, 2.45) is 0 Å². The number of hydrogen-bond donors (Lipinski definition) is 0. The SMILES string of the molecule is CC(C)c1c(-n2c3ccc(-c4ncccn4)cc3c3cc(-c4ncccn4)ccc32)c(-n2c3ccccc3c3ccccc32)c(C#N)c(-n2c3ccccc3c3ccccc32)c1-n1c2ccc(-c3ncccn3)cc2c2cc(-c3ncccn3)ccc21. The van der Waals surface area contributed by atoms with E-state index in [2.05, 4.69) is 208 Å². The van der Waals surface area contributed by atoms with Gasteiger partial charge in [0.1, 0.15) is 11.6 Å². The molecule has 0 aliphatic heterocycles. The molecular weight excluding hydrogens is 1070 g/mol. The highest BCUT2D eigenvalue weighted by atomic mass is 15.1. The van der Waals surface area contributed by atoms with Crippen LogP contribution in [0.4, 0.5) is 0 Å². The van der Waals surface area contributed by atoms with E-state index in [1.807, 2.05) is 24.3 Å². The third-order valence-electron chi connectivity index (χ3n) is 17.0. The van der Waals surface area contributed by atoms with Gasteiger partial charge in [-0.3, -0.25) is 0 Å². The highest BCUT2D eigenvalue weighted by Gasteiger charge is 2.35. The number of benzene rings is 9. The fraction of sp³-hybridized carbons (Fsp3) is 0.0405. The van der Waals surface area contributed by atoms with Gasteiger partial charge in [0, 0.05) is 120 Å². The third kappa shape index (κ3) is 7.51. The minimum Gasteiger partial charge on any atom is -0.307 e. The van der Waals surface area contributed by atoms with Crippen molar-refractivity contribution in [3.05, 3.63) is 255 Å². The summed E-state index contributed by atoms with van der Waals surface area (Å²) in [4.78, 5) is 38.0. The Balaban J connectivity index is 1.14. The summed E-state index contributed by atoms with van der Waals surface area (Å²) in [7, 11) is 0. The maximum absolute atomic E-state index is 13.0. The summed E-state index contributed by atoms with van der Waals surface area (Å²) < 4.78 is 9.53. The maximum Gasteiger partial charge on any atom is 0.159 e. The Labute approximate surface area is 497 Å². The molecule has 0 amide bonds. The van der Waals surface area contributed by atoms with E-state index in [0.29, 0.717) is 28.9 Å². The van der Waals surface area contributed by atoms with Crippen molar-refractivity contribution in [1.29, 1.82) is 5.26 Å². The van der Waals surface area contributed by atoms with Crippen molar-refractivity contribution in [2.45, 2.75) is 19.8 Å². The molecule has 0 saturated heterocycles. The first-order valence-corrected chi connectivity index (χ1v) is 28.9. The van der Waals surface area contributed by atoms with Crippen LogP contribution in [0.3, 0.4) is 0 Å². The summed E-state index contributed by atoms with van der Waals surface area (Å²) >= 11 is 0. The van der Waals surface area contributed by atoms with Gasteiger partial charge in [-0.25, -0.2) is 39.9 Å². The lowest BCUT2D eigenvalue weighted by Gasteiger charge is -2.30. The van der Waals surface area contributed by atoms with E-state index in [0.717, 1.165) is 138 Å². The number of fused-ring (bicyclic) bond motifs is 12. The summed E-state index contributed by atoms with van der Waals surface area (Å²) in [6, 6.07) is 70.6. The highest BCUT2D eigenvalue weighted by molar-refractivity contribution is 6.17. The molecule has 13 heteroatoms. The van der Waals surface area contributed by atoms with E-state index < -0.39 is 0 Å². The molecule has 8 aromatic heterocycles. The third-order valence-corrected chi connectivity index (χ3v) is 17.0. The molecule has 8 heterocycles. The lowest BCUT2D eigenvalue weighted by atomic mass is 9.91. The monoisotopic (exact) mass is 1120 g/mol. The molecule has 0 unspecified atom stereocenters. The number of rotatable bonds is 9. The average molecular weight is 1120 g/mol. The molecule has 0 aliphatic rings. The fourth-order valence-corrected chi connectivity index (χ4v) is 13.5. The van der Waals surface area contributed by atoms with Crippen LogP contribution in [-0.2, 0) is 0 Å². The molecule has 0 saturated carbocycles. The van der Waals surface area contributed by atoms with Gasteiger partial charge in [0.25, 0.3) is 0 Å². The van der Waals surface area contributed by atoms with Crippen LogP contribution in [0.1, 0.15) is 30.9 Å². The first-order valence-electron chi connectivity index (χ1n) is 28.9. The largest absolute Gasteiger partial charge is 0.307 e. The van der Waals surface area contributed by atoms with Gasteiger partial charge in [-0.1, -0.05) is 86.6 Å². The van der Waals surface area contributed by atoms with Gasteiger partial charge >= 0.3 is 0 Å². The average Bonchev–Trinajstić information content (AvgIpc) is 1.63. The molecule has 0 fully saturated rings. The molecule has 0 N–H and O–H groups in total. The minimum absolute atomic E-state index is 0.218. The quantitative estimate of drug-likeness (QED) is 0.138. The van der Waals surface area contributed by atoms with Crippen molar-refractivity contribution in [3.63, 3.8) is 0 Å². The van der Waals surface area contributed by atoms with Gasteiger partial charge in [0.05, 0.1) is 66.9 Å². The number of nitrogens with zero attached hydrogens (tertiary/aromatic N) is 13. The summed E-state index contributed by atoms with van der Waals surface area (Å²) in [5.74, 6) is 2.21. The first kappa shape index (κ1) is 49.6. The standard InChI is InChI=1S/C74H47N13/c1-44(2)66-69(86-62-27-23-45(71-76-31-11-32-77-71)39-53(62)54-40-46(24-28-63(54)86)72-78-33-12-34-79-72)67(84-58-19-7-3-15-49(58)50-16-4-8-20-59(50)84)57(43-75)68(85-60-21-9-5-17-51(60)52-18-6-10-22-61(52)85)70(66)87-64-29-25-47(73-80-35-13-36-81-73)41-55(64)56-42-48(26-30-65(56)87)74-82-37-14-38-83-74/h3-42,44H,1-2H3. The van der Waals surface area contributed by atoms with Gasteiger partial charge in [-0.05, 0) is 127 Å². The minimum atomic E-state index is -0.218. The molecule has 0 bridgehead atoms. The molecule has 0 spiro atoms. The second-order valence-electron chi connectivity index (χ2n) is 22.1. The predicted molar refractivity (Wildman–Crippen MR) is 347 cm³/mol. The number of aromatic nitrogens is 12. The topological polar surface area (TPSA) is 147 Å². The molecule has 17 rings (SSSR count). The van der Waals surface area contributed by atoms with Gasteiger partial charge in [-0.2, -0.15) is 5.26 Å². The summed E-state index contributed by atoms with van der Waals surface area (Å²) in [6.45, 7) is 4.57. The first-order chi connectivity index (χ1) is 43.0. The molecule has 0 aliphatic carbocycles. The number of para-hydroxylation sites is 4. The van der Waals surface area contributed by atoms with Crippen molar-refractivity contribution < 1.29 is 0 Å². The van der Waals surface area contributed by atoms with E-state index in [4.69, 9.17) is 39.9 Å². The molecule has 408 valence electrons. The lowest BCUT2D eigenvalue weighted by Crippen LogP contribution is -2.18. The fourth-order valence-electron chi connectivity index (χ4n) is 13.5. The van der Waals surface area contributed by atoms with Crippen LogP contribution in [0.5, 0.6) is 0 Å². The number of hydrogen-bond acceptors (Lipinski definition) is 9. The molecule has 0 radical (unpaired) electrons. The van der Waals surface area contributed by atoms with E-state index in [1.165, 1.54) is 0 Å². The highest BCUT2D eigenvalue weighted by Crippen LogP contribution is 2.51. The lowest BCUT2D eigenvalue weighted by molar-refractivity contribution is 0.833. The van der Waals surface area contributed by atoms with E-state index >= 15 is 0 Å². The maximum atomic E-state index is 13.0. The van der Waals surface area contributed by atoms with Crippen molar-refractivity contribution in [1.82, 2.24) is 58.1 Å². The van der Waals surface area contributed by atoms with Gasteiger partial charge in [0.2, 0.25) is 0 Å². The van der Waals surface area contributed by atoms with Gasteiger partial charge in [-0.15, -0.1) is 0 Å². The summed E-state index contributed by atoms with van der Waals surface area (Å²) in [5.41, 5.74) is 15.6. The second kappa shape index (κ2) is 19.6. The van der Waals surface area contributed by atoms with Crippen molar-refractivity contribution in [2.75, 3.05) is 0 Å². The Morgan fingerprint density at radius 1 is 0.287 bits per heavy atom. The zero-order valence-corrected chi connectivity index (χ0v) is 47.0. The number of nitriles is 1. The van der Waals surface area contributed by atoms with E-state index in [9.17, 15) is 5.26 Å². The van der Waals surface area contributed by atoms with E-state index in [-0.39, 0.29) is 5.92 Å². The second-order valence-corrected chi connectivity index (χ2v) is 22.1. The Hall–Kier alpha value is -12.0. The normalized spacial score (nSPS) is 11.9. The zero-order valence-electron chi connectivity index (χ0n) is 47.0. The summed E-state index contributed by atoms with van der Waals surface area (Å²) in [5, 5.41) is 21.1. The van der Waals surface area contributed by atoms with Crippen LogP contribution in [0.15, 0.2) is 244 Å². The van der Waals surface area contributed by atoms with E-state index in [1.54, 1.807) is 49.6 Å². The molecule has 87 heavy (non-hydrogen) atoms.